The maximum atomic E-state index is 12.4. The van der Waals surface area contributed by atoms with Gasteiger partial charge in [-0.15, -0.1) is 11.3 Å². The van der Waals surface area contributed by atoms with Crippen LogP contribution in [0.2, 0.25) is 0 Å². The highest BCUT2D eigenvalue weighted by Gasteiger charge is 2.30. The Morgan fingerprint density at radius 1 is 1.16 bits per heavy atom. The van der Waals surface area contributed by atoms with Crippen molar-refractivity contribution >= 4 is 11.3 Å². The number of thiophene rings is 1. The summed E-state index contributed by atoms with van der Waals surface area (Å²) >= 11 is 1.65. The Bertz CT molecular complexity index is 502. The van der Waals surface area contributed by atoms with Gasteiger partial charge in [-0.2, -0.15) is 13.2 Å². The number of nitrogens with one attached hydrogen (secondary N) is 1. The quantitative estimate of drug-likeness (QED) is 0.864. The van der Waals surface area contributed by atoms with Crippen LogP contribution in [0.1, 0.15) is 29.0 Å². The molecule has 0 saturated heterocycles. The lowest BCUT2D eigenvalue weighted by Gasteiger charge is -2.14. The molecule has 1 aromatic heterocycles. The standard InChI is InChI=1S/C14H14F3NS/c1-10(18-9-13-3-2-8-19-13)11-4-6-12(7-5-11)14(15,16)17/h2-8,10,18H,9H2,1H3. The molecular formula is C14H14F3NS. The lowest BCUT2D eigenvalue weighted by molar-refractivity contribution is -0.137. The van der Waals surface area contributed by atoms with Gasteiger partial charge >= 0.3 is 6.18 Å². The van der Waals surface area contributed by atoms with E-state index in [2.05, 4.69) is 5.32 Å². The van der Waals surface area contributed by atoms with E-state index in [0.29, 0.717) is 0 Å². The van der Waals surface area contributed by atoms with Crippen molar-refractivity contribution in [2.75, 3.05) is 0 Å². The third-order valence-corrected chi connectivity index (χ3v) is 3.78. The highest BCUT2D eigenvalue weighted by molar-refractivity contribution is 7.09. The molecule has 0 fully saturated rings. The Morgan fingerprint density at radius 2 is 1.84 bits per heavy atom. The van der Waals surface area contributed by atoms with Crippen LogP contribution in [0, 0.1) is 0 Å². The van der Waals surface area contributed by atoms with Crippen LogP contribution in [-0.4, -0.2) is 0 Å². The van der Waals surface area contributed by atoms with Gasteiger partial charge in [0.2, 0.25) is 0 Å². The first-order valence-corrected chi connectivity index (χ1v) is 6.77. The molecule has 5 heteroatoms. The van der Waals surface area contributed by atoms with E-state index >= 15 is 0 Å². The number of hydrogen-bond acceptors (Lipinski definition) is 2. The molecule has 0 bridgehead atoms. The van der Waals surface area contributed by atoms with Crippen molar-refractivity contribution in [2.45, 2.75) is 25.7 Å². The SMILES string of the molecule is CC(NCc1cccs1)c1ccc(C(F)(F)F)cc1. The van der Waals surface area contributed by atoms with E-state index in [1.165, 1.54) is 17.0 Å². The molecule has 0 spiro atoms. The molecule has 1 heterocycles. The first kappa shape index (κ1) is 14.1. The second kappa shape index (κ2) is 5.75. The number of benzene rings is 1. The van der Waals surface area contributed by atoms with Gasteiger partial charge in [-0.05, 0) is 36.1 Å². The molecule has 1 nitrogen and oxygen atoms in total. The van der Waals surface area contributed by atoms with Crippen molar-refractivity contribution in [3.05, 3.63) is 57.8 Å². The third kappa shape index (κ3) is 3.81. The van der Waals surface area contributed by atoms with Crippen LogP contribution >= 0.6 is 11.3 Å². The van der Waals surface area contributed by atoms with Crippen LogP contribution < -0.4 is 5.32 Å². The normalized spacial score (nSPS) is 13.5. The summed E-state index contributed by atoms with van der Waals surface area (Å²) in [6.45, 7) is 2.66. The Hall–Kier alpha value is -1.33. The molecule has 1 N–H and O–H groups in total. The monoisotopic (exact) mass is 285 g/mol. The summed E-state index contributed by atoms with van der Waals surface area (Å²) < 4.78 is 37.3. The zero-order valence-electron chi connectivity index (χ0n) is 10.4. The molecule has 0 aliphatic carbocycles. The van der Waals surface area contributed by atoms with Gasteiger partial charge < -0.3 is 5.32 Å². The van der Waals surface area contributed by atoms with Crippen LogP contribution in [0.5, 0.6) is 0 Å². The van der Waals surface area contributed by atoms with E-state index in [9.17, 15) is 13.2 Å². The van der Waals surface area contributed by atoms with Gasteiger partial charge in [0.1, 0.15) is 0 Å². The fourth-order valence-corrected chi connectivity index (χ4v) is 2.40. The molecule has 0 saturated carbocycles. The van der Waals surface area contributed by atoms with E-state index < -0.39 is 11.7 Å². The molecule has 19 heavy (non-hydrogen) atoms. The second-order valence-corrected chi connectivity index (χ2v) is 5.33. The van der Waals surface area contributed by atoms with Crippen LogP contribution in [0.3, 0.4) is 0 Å². The Kier molecular flexibility index (Phi) is 4.27. The van der Waals surface area contributed by atoms with Gasteiger partial charge in [0.25, 0.3) is 0 Å². The number of rotatable bonds is 4. The number of hydrogen-bond donors (Lipinski definition) is 1. The maximum Gasteiger partial charge on any atom is 0.416 e. The van der Waals surface area contributed by atoms with Gasteiger partial charge in [-0.25, -0.2) is 0 Å². The summed E-state index contributed by atoms with van der Waals surface area (Å²) in [4.78, 5) is 1.21. The van der Waals surface area contributed by atoms with E-state index in [1.807, 2.05) is 24.4 Å². The van der Waals surface area contributed by atoms with E-state index in [4.69, 9.17) is 0 Å². The maximum absolute atomic E-state index is 12.4. The molecule has 0 amide bonds. The fourth-order valence-electron chi connectivity index (χ4n) is 1.75. The van der Waals surface area contributed by atoms with Gasteiger partial charge in [-0.1, -0.05) is 18.2 Å². The smallest absolute Gasteiger partial charge is 0.305 e. The van der Waals surface area contributed by atoms with Crippen LogP contribution in [0.25, 0.3) is 0 Å². The summed E-state index contributed by atoms with van der Waals surface area (Å²) in [5.74, 6) is 0. The molecule has 0 aliphatic heterocycles. The van der Waals surface area contributed by atoms with Gasteiger partial charge in [0.15, 0.2) is 0 Å². The molecule has 102 valence electrons. The van der Waals surface area contributed by atoms with Crippen molar-refractivity contribution in [1.82, 2.24) is 5.32 Å². The molecule has 1 aromatic carbocycles. The average molecular weight is 285 g/mol. The second-order valence-electron chi connectivity index (χ2n) is 4.30. The third-order valence-electron chi connectivity index (χ3n) is 2.90. The van der Waals surface area contributed by atoms with Crippen molar-refractivity contribution in [3.8, 4) is 0 Å². The van der Waals surface area contributed by atoms with Crippen LogP contribution in [0.4, 0.5) is 13.2 Å². The average Bonchev–Trinajstić information content (AvgIpc) is 2.88. The zero-order valence-corrected chi connectivity index (χ0v) is 11.2. The van der Waals surface area contributed by atoms with Crippen molar-refractivity contribution in [1.29, 1.82) is 0 Å². The minimum absolute atomic E-state index is 0.0179. The topological polar surface area (TPSA) is 12.0 Å². The fraction of sp³-hybridized carbons (Fsp3) is 0.286. The largest absolute Gasteiger partial charge is 0.416 e. The first-order valence-electron chi connectivity index (χ1n) is 5.90. The van der Waals surface area contributed by atoms with Crippen molar-refractivity contribution in [2.24, 2.45) is 0 Å². The number of alkyl halides is 3. The van der Waals surface area contributed by atoms with E-state index in [1.54, 1.807) is 11.3 Å². The summed E-state index contributed by atoms with van der Waals surface area (Å²) in [7, 11) is 0. The number of halogens is 3. The van der Waals surface area contributed by atoms with E-state index in [0.717, 1.165) is 24.2 Å². The highest BCUT2D eigenvalue weighted by Crippen LogP contribution is 2.29. The van der Waals surface area contributed by atoms with Crippen molar-refractivity contribution in [3.63, 3.8) is 0 Å². The van der Waals surface area contributed by atoms with E-state index in [-0.39, 0.29) is 6.04 Å². The molecule has 2 aromatic rings. The highest BCUT2D eigenvalue weighted by atomic mass is 32.1. The minimum Gasteiger partial charge on any atom is -0.305 e. The van der Waals surface area contributed by atoms with Gasteiger partial charge in [-0.3, -0.25) is 0 Å². The summed E-state index contributed by atoms with van der Waals surface area (Å²) in [5.41, 5.74) is 0.242. The summed E-state index contributed by atoms with van der Waals surface area (Å²) in [5, 5.41) is 5.29. The predicted molar refractivity (Wildman–Crippen MR) is 71.0 cm³/mol. The predicted octanol–water partition coefficient (Wildman–Crippen LogP) is 4.62. The first-order chi connectivity index (χ1) is 8.97. The van der Waals surface area contributed by atoms with Gasteiger partial charge in [0.05, 0.1) is 5.56 Å². The Morgan fingerprint density at radius 3 is 2.37 bits per heavy atom. The van der Waals surface area contributed by atoms with Crippen LogP contribution in [0.15, 0.2) is 41.8 Å². The lowest BCUT2D eigenvalue weighted by atomic mass is 10.1. The van der Waals surface area contributed by atoms with Gasteiger partial charge in [0, 0.05) is 17.5 Å². The minimum atomic E-state index is -4.27. The molecule has 0 radical (unpaired) electrons. The Balaban J connectivity index is 1.97. The molecule has 0 aliphatic rings. The van der Waals surface area contributed by atoms with Crippen molar-refractivity contribution < 1.29 is 13.2 Å². The molecule has 1 atom stereocenters. The molecule has 1 unspecified atom stereocenters. The lowest BCUT2D eigenvalue weighted by Crippen LogP contribution is -2.17. The Labute approximate surface area is 114 Å². The summed E-state index contributed by atoms with van der Waals surface area (Å²) in [6.07, 6.45) is -4.27. The zero-order chi connectivity index (χ0) is 13.9. The summed E-state index contributed by atoms with van der Waals surface area (Å²) in [6, 6.07) is 9.31. The van der Waals surface area contributed by atoms with Crippen LogP contribution in [-0.2, 0) is 12.7 Å². The molecular weight excluding hydrogens is 271 g/mol. The molecule has 2 rings (SSSR count).